The van der Waals surface area contributed by atoms with Gasteiger partial charge in [-0.2, -0.15) is 0 Å². The minimum atomic E-state index is -1.06. The Morgan fingerprint density at radius 3 is 2.35 bits per heavy atom. The molecule has 0 aromatic heterocycles. The minimum Gasteiger partial charge on any atom is -0.507 e. The first-order chi connectivity index (χ1) is 10.8. The average Bonchev–Trinajstić information content (AvgIpc) is 2.41. The van der Waals surface area contributed by atoms with Crippen molar-refractivity contribution in [2.75, 3.05) is 0 Å². The predicted molar refractivity (Wildman–Crippen MR) is 81.9 cm³/mol. The number of phenols is 1. The second-order valence-corrected chi connectivity index (χ2v) is 6.32. The highest BCUT2D eigenvalue weighted by molar-refractivity contribution is 6.32. The largest absolute Gasteiger partial charge is 0.507 e. The van der Waals surface area contributed by atoms with Gasteiger partial charge in [0.15, 0.2) is 5.78 Å². The lowest BCUT2D eigenvalue weighted by molar-refractivity contribution is -0.140. The van der Waals surface area contributed by atoms with Crippen molar-refractivity contribution >= 4 is 29.3 Å². The number of fused-ring (bicyclic) bond motifs is 1. The number of hydrogen-bond donors (Lipinski definition) is 3. The topological polar surface area (TPSA) is 112 Å². The van der Waals surface area contributed by atoms with Crippen LogP contribution in [0.2, 0.25) is 5.02 Å². The number of carbonyl (C=O) groups is 3. The fourth-order valence-corrected chi connectivity index (χ4v) is 3.45. The second-order valence-electron chi connectivity index (χ2n) is 5.91. The lowest BCUT2D eigenvalue weighted by Crippen LogP contribution is -2.24. The van der Waals surface area contributed by atoms with E-state index in [0.29, 0.717) is 23.4 Å². The standard InChI is InChI=1S/C16H17ClO6/c17-11-1-2-12(18)16-10(11)4-8(5-13(16)19)3-9(6-14(20)21)7-15(22)23/h1-2,8-9,18H,3-7H2,(H,20,21)(H,22,23). The predicted octanol–water partition coefficient (Wildman–Crippen LogP) is 2.75. The number of benzene rings is 1. The Morgan fingerprint density at radius 2 is 1.78 bits per heavy atom. The highest BCUT2D eigenvalue weighted by Crippen LogP contribution is 2.38. The van der Waals surface area contributed by atoms with Crippen molar-refractivity contribution in [2.45, 2.75) is 32.1 Å². The highest BCUT2D eigenvalue weighted by Gasteiger charge is 2.31. The van der Waals surface area contributed by atoms with Crippen molar-refractivity contribution in [1.29, 1.82) is 0 Å². The first kappa shape index (κ1) is 17.3. The third-order valence-corrected chi connectivity index (χ3v) is 4.43. The molecule has 0 spiro atoms. The van der Waals surface area contributed by atoms with E-state index in [2.05, 4.69) is 0 Å². The zero-order chi connectivity index (χ0) is 17.1. The molecule has 0 aliphatic heterocycles. The van der Waals surface area contributed by atoms with Gasteiger partial charge in [-0.3, -0.25) is 14.4 Å². The lowest BCUT2D eigenvalue weighted by atomic mass is 9.77. The zero-order valence-electron chi connectivity index (χ0n) is 12.3. The third-order valence-electron chi connectivity index (χ3n) is 4.07. The number of halogens is 1. The summed E-state index contributed by atoms with van der Waals surface area (Å²) >= 11 is 6.10. The van der Waals surface area contributed by atoms with E-state index >= 15 is 0 Å². The van der Waals surface area contributed by atoms with Crippen molar-refractivity contribution in [3.63, 3.8) is 0 Å². The molecule has 0 bridgehead atoms. The van der Waals surface area contributed by atoms with Gasteiger partial charge in [0.1, 0.15) is 5.75 Å². The molecule has 0 fully saturated rings. The van der Waals surface area contributed by atoms with Crippen LogP contribution in [0, 0.1) is 11.8 Å². The van der Waals surface area contributed by atoms with Crippen LogP contribution in [-0.2, 0) is 16.0 Å². The van der Waals surface area contributed by atoms with E-state index in [0.717, 1.165) is 0 Å². The molecule has 23 heavy (non-hydrogen) atoms. The Kier molecular flexibility index (Phi) is 5.26. The Morgan fingerprint density at radius 1 is 1.17 bits per heavy atom. The van der Waals surface area contributed by atoms with Crippen LogP contribution in [0.1, 0.15) is 41.6 Å². The van der Waals surface area contributed by atoms with Gasteiger partial charge in [0, 0.05) is 24.3 Å². The molecule has 1 aromatic rings. The fourth-order valence-electron chi connectivity index (χ4n) is 3.22. The summed E-state index contributed by atoms with van der Waals surface area (Å²) in [6.07, 6.45) is 0.381. The van der Waals surface area contributed by atoms with Crippen molar-refractivity contribution in [3.8, 4) is 5.75 Å². The molecule has 0 amide bonds. The molecule has 0 saturated heterocycles. The Labute approximate surface area is 137 Å². The molecule has 124 valence electrons. The third kappa shape index (κ3) is 4.22. The molecular weight excluding hydrogens is 324 g/mol. The summed E-state index contributed by atoms with van der Waals surface area (Å²) in [5.41, 5.74) is 0.777. The molecule has 1 unspecified atom stereocenters. The quantitative estimate of drug-likeness (QED) is 0.734. The van der Waals surface area contributed by atoms with Gasteiger partial charge in [-0.15, -0.1) is 0 Å². The highest BCUT2D eigenvalue weighted by atomic mass is 35.5. The Hall–Kier alpha value is -2.08. The summed E-state index contributed by atoms with van der Waals surface area (Å²) in [7, 11) is 0. The number of ketones is 1. The molecule has 3 N–H and O–H groups in total. The van der Waals surface area contributed by atoms with Gasteiger partial charge in [-0.1, -0.05) is 11.6 Å². The van der Waals surface area contributed by atoms with Crippen LogP contribution in [0.3, 0.4) is 0 Å². The molecule has 1 aromatic carbocycles. The first-order valence-electron chi connectivity index (χ1n) is 7.25. The van der Waals surface area contributed by atoms with Crippen molar-refractivity contribution in [3.05, 3.63) is 28.3 Å². The number of aliphatic carboxylic acids is 2. The molecule has 0 radical (unpaired) electrons. The van der Waals surface area contributed by atoms with Gasteiger partial charge in [0.2, 0.25) is 0 Å². The summed E-state index contributed by atoms with van der Waals surface area (Å²) in [5.74, 6) is -3.21. The van der Waals surface area contributed by atoms with Crippen LogP contribution in [-0.4, -0.2) is 33.0 Å². The van der Waals surface area contributed by atoms with E-state index in [9.17, 15) is 19.5 Å². The molecule has 2 rings (SSSR count). The van der Waals surface area contributed by atoms with E-state index in [-0.39, 0.29) is 42.3 Å². The minimum absolute atomic E-state index is 0.111. The van der Waals surface area contributed by atoms with Crippen LogP contribution in [0.5, 0.6) is 5.75 Å². The Bertz CT molecular complexity index is 638. The normalized spacial score (nSPS) is 17.1. The number of rotatable bonds is 6. The van der Waals surface area contributed by atoms with E-state index in [1.807, 2.05) is 0 Å². The first-order valence-corrected chi connectivity index (χ1v) is 7.62. The maximum Gasteiger partial charge on any atom is 0.303 e. The van der Waals surface area contributed by atoms with Crippen molar-refractivity contribution in [1.82, 2.24) is 0 Å². The van der Waals surface area contributed by atoms with Crippen LogP contribution in [0.25, 0.3) is 0 Å². The van der Waals surface area contributed by atoms with Crippen LogP contribution < -0.4 is 0 Å². The molecule has 0 heterocycles. The summed E-state index contributed by atoms with van der Waals surface area (Å²) in [6, 6.07) is 2.88. The number of carboxylic acid groups (broad SMARTS) is 2. The zero-order valence-corrected chi connectivity index (χ0v) is 13.0. The maximum atomic E-state index is 12.2. The number of carboxylic acids is 2. The van der Waals surface area contributed by atoms with Gasteiger partial charge in [0.05, 0.1) is 5.56 Å². The van der Waals surface area contributed by atoms with Crippen molar-refractivity contribution < 1.29 is 29.7 Å². The van der Waals surface area contributed by atoms with Crippen molar-refractivity contribution in [2.24, 2.45) is 11.8 Å². The molecule has 0 saturated carbocycles. The van der Waals surface area contributed by atoms with E-state index in [1.165, 1.54) is 12.1 Å². The van der Waals surface area contributed by atoms with Gasteiger partial charge < -0.3 is 15.3 Å². The summed E-state index contributed by atoms with van der Waals surface area (Å²) in [5, 5.41) is 28.0. The number of Topliss-reactive ketones (excluding diaryl/α,β-unsaturated/α-hetero) is 1. The van der Waals surface area contributed by atoms with Gasteiger partial charge >= 0.3 is 11.9 Å². The van der Waals surface area contributed by atoms with Crippen LogP contribution >= 0.6 is 11.6 Å². The number of carbonyl (C=O) groups excluding carboxylic acids is 1. The van der Waals surface area contributed by atoms with Gasteiger partial charge in [-0.05, 0) is 42.4 Å². The molecule has 1 aliphatic carbocycles. The smallest absolute Gasteiger partial charge is 0.303 e. The number of phenolic OH excluding ortho intramolecular Hbond substituents is 1. The lowest BCUT2D eigenvalue weighted by Gasteiger charge is -2.27. The van der Waals surface area contributed by atoms with Gasteiger partial charge in [-0.25, -0.2) is 0 Å². The summed E-state index contributed by atoms with van der Waals surface area (Å²) < 4.78 is 0. The van der Waals surface area contributed by atoms with Crippen LogP contribution in [0.15, 0.2) is 12.1 Å². The van der Waals surface area contributed by atoms with E-state index < -0.39 is 17.9 Å². The molecule has 1 atom stereocenters. The summed E-state index contributed by atoms with van der Waals surface area (Å²) in [6.45, 7) is 0. The Balaban J connectivity index is 2.19. The molecule has 7 heteroatoms. The average molecular weight is 341 g/mol. The number of aromatic hydroxyl groups is 1. The second kappa shape index (κ2) is 7.00. The summed E-state index contributed by atoms with van der Waals surface area (Å²) in [4.78, 5) is 34.0. The fraction of sp³-hybridized carbons (Fsp3) is 0.438. The van der Waals surface area contributed by atoms with E-state index in [4.69, 9.17) is 21.8 Å². The number of hydrogen-bond acceptors (Lipinski definition) is 4. The van der Waals surface area contributed by atoms with Crippen LogP contribution in [0.4, 0.5) is 0 Å². The van der Waals surface area contributed by atoms with Gasteiger partial charge in [0.25, 0.3) is 0 Å². The SMILES string of the molecule is O=C(O)CC(CC(=O)O)CC1CC(=O)c2c(O)ccc(Cl)c2C1. The molecular formula is C16H17ClO6. The maximum absolute atomic E-state index is 12.2. The monoisotopic (exact) mass is 340 g/mol. The van der Waals surface area contributed by atoms with E-state index in [1.54, 1.807) is 0 Å². The molecule has 1 aliphatic rings. The molecule has 6 nitrogen and oxygen atoms in total.